The van der Waals surface area contributed by atoms with Crippen LogP contribution < -0.4 is 20.5 Å². The van der Waals surface area contributed by atoms with Gasteiger partial charge >= 0.3 is 0 Å². The van der Waals surface area contributed by atoms with Crippen LogP contribution in [0.2, 0.25) is 0 Å². The van der Waals surface area contributed by atoms with Gasteiger partial charge in [-0.3, -0.25) is 4.79 Å². The van der Waals surface area contributed by atoms with Gasteiger partial charge in [-0.05, 0) is 49.3 Å². The Morgan fingerprint density at radius 1 is 1.12 bits per heavy atom. The van der Waals surface area contributed by atoms with Gasteiger partial charge in [0.1, 0.15) is 6.10 Å². The van der Waals surface area contributed by atoms with Gasteiger partial charge in [0.2, 0.25) is 5.91 Å². The molecule has 0 bridgehead atoms. The zero-order valence-electron chi connectivity index (χ0n) is 20.8. The molecule has 0 aromatic heterocycles. The van der Waals surface area contributed by atoms with Gasteiger partial charge in [0, 0.05) is 39.8 Å². The minimum absolute atomic E-state index is 0. The number of rotatable bonds is 16. The van der Waals surface area contributed by atoms with Gasteiger partial charge in [-0.1, -0.05) is 19.9 Å². The number of hydrogen-bond acceptors (Lipinski definition) is 7. The molecule has 0 saturated heterocycles. The molecule has 0 aliphatic heterocycles. The van der Waals surface area contributed by atoms with Crippen LogP contribution in [-0.4, -0.2) is 70.4 Å². The van der Waals surface area contributed by atoms with Gasteiger partial charge in [0.25, 0.3) is 0 Å². The Hall–Kier alpha value is -1.58. The zero-order valence-corrected chi connectivity index (χ0v) is 21.7. The molecular formula is C24H43ClN2O6. The minimum Gasteiger partial charge on any atom is -0.493 e. The molecule has 3 unspecified atom stereocenters. The largest absolute Gasteiger partial charge is 0.493 e. The summed E-state index contributed by atoms with van der Waals surface area (Å²) >= 11 is 0. The topological polar surface area (TPSA) is 112 Å². The van der Waals surface area contributed by atoms with Gasteiger partial charge in [-0.25, -0.2) is 0 Å². The molecule has 9 heteroatoms. The van der Waals surface area contributed by atoms with Gasteiger partial charge in [0.05, 0.1) is 19.8 Å². The molecule has 0 heterocycles. The Kier molecular flexibility index (Phi) is 16.1. The fourth-order valence-corrected chi connectivity index (χ4v) is 3.35. The van der Waals surface area contributed by atoms with Crippen LogP contribution in [0.4, 0.5) is 0 Å². The SMILES string of the molecule is COCCCOc1cc(CC(CC(N)C(O)CNC(=O)[C@@H](C)OC)C(C)C)ccc1OC.Cl. The van der Waals surface area contributed by atoms with Crippen LogP contribution in [0.3, 0.4) is 0 Å². The first kappa shape index (κ1) is 31.4. The second-order valence-electron chi connectivity index (χ2n) is 8.48. The van der Waals surface area contributed by atoms with E-state index in [2.05, 4.69) is 19.2 Å². The minimum atomic E-state index is -0.834. The summed E-state index contributed by atoms with van der Waals surface area (Å²) in [6.07, 6.45) is 0.821. The van der Waals surface area contributed by atoms with E-state index >= 15 is 0 Å². The summed E-state index contributed by atoms with van der Waals surface area (Å²) in [6.45, 7) is 7.24. The third-order valence-corrected chi connectivity index (χ3v) is 5.70. The molecule has 1 rings (SSSR count). The predicted octanol–water partition coefficient (Wildman–Crippen LogP) is 2.58. The van der Waals surface area contributed by atoms with E-state index in [1.807, 2.05) is 18.2 Å². The van der Waals surface area contributed by atoms with Gasteiger partial charge in [0.15, 0.2) is 11.5 Å². The first-order chi connectivity index (χ1) is 15.2. The number of nitrogens with one attached hydrogen (secondary N) is 1. The lowest BCUT2D eigenvalue weighted by molar-refractivity contribution is -0.130. The molecule has 0 radical (unpaired) electrons. The number of halogens is 1. The Bertz CT molecular complexity index is 676. The number of nitrogens with two attached hydrogens (primary N) is 1. The molecule has 8 nitrogen and oxygen atoms in total. The zero-order chi connectivity index (χ0) is 24.1. The van der Waals surface area contributed by atoms with Crippen LogP contribution in [0.25, 0.3) is 0 Å². The van der Waals surface area contributed by atoms with E-state index in [-0.39, 0.29) is 30.8 Å². The third kappa shape index (κ3) is 11.4. The molecule has 4 N–H and O–H groups in total. The smallest absolute Gasteiger partial charge is 0.248 e. The normalized spacial score (nSPS) is 14.7. The van der Waals surface area contributed by atoms with E-state index in [9.17, 15) is 9.90 Å². The second-order valence-corrected chi connectivity index (χ2v) is 8.48. The number of aliphatic hydroxyl groups is 1. The van der Waals surface area contributed by atoms with Crippen molar-refractivity contribution in [2.24, 2.45) is 17.6 Å². The quantitative estimate of drug-likeness (QED) is 0.305. The number of carbonyl (C=O) groups is 1. The monoisotopic (exact) mass is 490 g/mol. The average Bonchev–Trinajstić information content (AvgIpc) is 2.78. The summed E-state index contributed by atoms with van der Waals surface area (Å²) in [5.74, 6) is 1.76. The molecule has 0 spiro atoms. The maximum absolute atomic E-state index is 11.9. The second kappa shape index (κ2) is 16.9. The number of hydrogen-bond donors (Lipinski definition) is 3. The number of carbonyl (C=O) groups excluding carboxylic acids is 1. The molecule has 4 atom stereocenters. The van der Waals surface area contributed by atoms with E-state index in [1.54, 1.807) is 21.1 Å². The Morgan fingerprint density at radius 2 is 1.82 bits per heavy atom. The summed E-state index contributed by atoms with van der Waals surface area (Å²) in [7, 11) is 4.76. The molecule has 1 aromatic carbocycles. The van der Waals surface area contributed by atoms with Crippen molar-refractivity contribution in [2.45, 2.75) is 58.3 Å². The van der Waals surface area contributed by atoms with Crippen LogP contribution >= 0.6 is 12.4 Å². The molecule has 1 aromatic rings. The van der Waals surface area contributed by atoms with Crippen LogP contribution in [0.1, 0.15) is 39.2 Å². The first-order valence-corrected chi connectivity index (χ1v) is 11.3. The molecule has 1 amide bonds. The Labute approximate surface area is 204 Å². The van der Waals surface area contributed by atoms with Crippen molar-refractivity contribution in [3.05, 3.63) is 23.8 Å². The number of aliphatic hydroxyl groups excluding tert-OH is 1. The summed E-state index contributed by atoms with van der Waals surface area (Å²) in [6, 6.07) is 5.50. The summed E-state index contributed by atoms with van der Waals surface area (Å²) in [4.78, 5) is 11.9. The highest BCUT2D eigenvalue weighted by atomic mass is 35.5. The maximum atomic E-state index is 11.9. The highest BCUT2D eigenvalue weighted by molar-refractivity contribution is 5.85. The molecule has 0 aliphatic rings. The van der Waals surface area contributed by atoms with E-state index in [1.165, 1.54) is 7.11 Å². The number of methoxy groups -OCH3 is 3. The summed E-state index contributed by atoms with van der Waals surface area (Å²) < 4.78 is 21.4. The number of amides is 1. The standard InChI is InChI=1S/C24H42N2O6.ClH/c1-16(2)19(14-20(25)21(27)15-26-24(28)17(3)30-5)12-18-8-9-22(31-6)23(13-18)32-11-7-10-29-4;/h8-9,13,16-17,19-21,27H,7,10-12,14-15,25H2,1-6H3,(H,26,28);1H/t17-,19?,20?,21?;/m1./s1. The van der Waals surface area contributed by atoms with Crippen molar-refractivity contribution in [2.75, 3.05) is 41.1 Å². The third-order valence-electron chi connectivity index (χ3n) is 5.70. The Balaban J connectivity index is 0.0000102. The lowest BCUT2D eigenvalue weighted by Gasteiger charge is -2.27. The molecule has 0 fully saturated rings. The van der Waals surface area contributed by atoms with Gasteiger partial charge in [-0.15, -0.1) is 12.4 Å². The molecule has 33 heavy (non-hydrogen) atoms. The molecule has 0 saturated carbocycles. The number of ether oxygens (including phenoxy) is 4. The van der Waals surface area contributed by atoms with Crippen molar-refractivity contribution >= 4 is 18.3 Å². The van der Waals surface area contributed by atoms with Gasteiger partial charge in [-0.2, -0.15) is 0 Å². The van der Waals surface area contributed by atoms with Crippen molar-refractivity contribution in [1.82, 2.24) is 5.32 Å². The van der Waals surface area contributed by atoms with Gasteiger partial charge < -0.3 is 35.1 Å². The van der Waals surface area contributed by atoms with Crippen LogP contribution in [0, 0.1) is 11.8 Å². The van der Waals surface area contributed by atoms with Crippen molar-refractivity contribution in [3.63, 3.8) is 0 Å². The van der Waals surface area contributed by atoms with E-state index in [0.717, 1.165) is 18.4 Å². The highest BCUT2D eigenvalue weighted by Gasteiger charge is 2.24. The van der Waals surface area contributed by atoms with E-state index in [0.29, 0.717) is 37.1 Å². The number of benzene rings is 1. The summed E-state index contributed by atoms with van der Waals surface area (Å²) in [5.41, 5.74) is 7.41. The fraction of sp³-hybridized carbons (Fsp3) is 0.708. The predicted molar refractivity (Wildman–Crippen MR) is 132 cm³/mol. The van der Waals surface area contributed by atoms with E-state index < -0.39 is 18.2 Å². The molecular weight excluding hydrogens is 448 g/mol. The fourth-order valence-electron chi connectivity index (χ4n) is 3.35. The Morgan fingerprint density at radius 3 is 2.39 bits per heavy atom. The lowest BCUT2D eigenvalue weighted by Crippen LogP contribution is -2.46. The van der Waals surface area contributed by atoms with Crippen LogP contribution in [0.5, 0.6) is 11.5 Å². The summed E-state index contributed by atoms with van der Waals surface area (Å²) in [5, 5.41) is 13.1. The highest BCUT2D eigenvalue weighted by Crippen LogP contribution is 2.31. The lowest BCUT2D eigenvalue weighted by atomic mass is 9.83. The van der Waals surface area contributed by atoms with Crippen molar-refractivity contribution < 1.29 is 28.8 Å². The van der Waals surface area contributed by atoms with Crippen LogP contribution in [0.15, 0.2) is 18.2 Å². The van der Waals surface area contributed by atoms with Crippen LogP contribution in [-0.2, 0) is 20.7 Å². The molecule has 0 aliphatic carbocycles. The molecule has 192 valence electrons. The van der Waals surface area contributed by atoms with Crippen molar-refractivity contribution in [1.29, 1.82) is 0 Å². The first-order valence-electron chi connectivity index (χ1n) is 11.3. The maximum Gasteiger partial charge on any atom is 0.248 e. The van der Waals surface area contributed by atoms with Crippen molar-refractivity contribution in [3.8, 4) is 11.5 Å². The average molecular weight is 491 g/mol. The van der Waals surface area contributed by atoms with E-state index in [4.69, 9.17) is 24.7 Å².